The van der Waals surface area contributed by atoms with Gasteiger partial charge in [0.05, 0.1) is 0 Å². The topological polar surface area (TPSA) is 105 Å². The largest absolute Gasteiger partial charge is 0.359 e. The number of aryl methyl sites for hydroxylation is 2. The molecule has 0 unspecified atom stereocenters. The minimum absolute atomic E-state index is 0.206. The van der Waals surface area contributed by atoms with Crippen LogP contribution in [0.4, 0.5) is 5.13 Å². The van der Waals surface area contributed by atoms with Crippen LogP contribution in [0.5, 0.6) is 0 Å². The maximum Gasteiger partial charge on any atom is 0.275 e. The second-order valence-corrected chi connectivity index (χ2v) is 9.47. The monoisotopic (exact) mass is 399 g/mol. The third kappa shape index (κ3) is 4.06. The van der Waals surface area contributed by atoms with Crippen molar-refractivity contribution in [3.8, 4) is 0 Å². The Labute approximate surface area is 152 Å². The molecule has 0 fully saturated rings. The first-order chi connectivity index (χ1) is 11.9. The number of anilines is 1. The summed E-state index contributed by atoms with van der Waals surface area (Å²) < 4.78 is 28.3. The van der Waals surface area contributed by atoms with Crippen molar-refractivity contribution in [3.05, 3.63) is 39.1 Å². The average molecular weight is 400 g/mol. The van der Waals surface area contributed by atoms with E-state index in [0.29, 0.717) is 27.3 Å². The number of fused-ring (bicyclic) bond motifs is 1. The fourth-order valence-corrected chi connectivity index (χ4v) is 5.30. The van der Waals surface area contributed by atoms with E-state index in [4.69, 9.17) is 0 Å². The highest BCUT2D eigenvalue weighted by atomic mass is 32.2. The quantitative estimate of drug-likeness (QED) is 0.583. The van der Waals surface area contributed by atoms with Crippen LogP contribution in [0.25, 0.3) is 4.96 Å². The number of thiophene rings is 1. The van der Waals surface area contributed by atoms with Gasteiger partial charge in [-0.1, -0.05) is 18.3 Å². The molecule has 0 amide bonds. The van der Waals surface area contributed by atoms with E-state index in [2.05, 4.69) is 20.1 Å². The second-order valence-electron chi connectivity index (χ2n) is 5.23. The normalized spacial score (nSPS) is 11.9. The lowest BCUT2D eigenvalue weighted by Crippen LogP contribution is -2.28. The van der Waals surface area contributed by atoms with Crippen LogP contribution in [0.3, 0.4) is 0 Å². The number of sulfonamides is 1. The Morgan fingerprint density at radius 1 is 1.24 bits per heavy atom. The molecule has 0 spiro atoms. The highest BCUT2D eigenvalue weighted by Gasteiger charge is 2.15. The molecule has 3 aromatic rings. The van der Waals surface area contributed by atoms with Crippen molar-refractivity contribution in [2.75, 3.05) is 18.4 Å². The third-order valence-corrected chi connectivity index (χ3v) is 7.15. The molecule has 8 nitrogen and oxygen atoms in total. The van der Waals surface area contributed by atoms with E-state index in [1.807, 2.05) is 13.8 Å². The molecular weight excluding hydrogens is 382 g/mol. The molecule has 3 rings (SSSR count). The van der Waals surface area contributed by atoms with Crippen LogP contribution in [0, 0.1) is 6.92 Å². The highest BCUT2D eigenvalue weighted by molar-refractivity contribution is 7.91. The van der Waals surface area contributed by atoms with Gasteiger partial charge in [0.15, 0.2) is 0 Å². The van der Waals surface area contributed by atoms with E-state index in [0.717, 1.165) is 10.6 Å². The maximum atomic E-state index is 12.1. The summed E-state index contributed by atoms with van der Waals surface area (Å²) in [5, 5.41) is 7.69. The zero-order valence-electron chi connectivity index (χ0n) is 13.6. The Kier molecular flexibility index (Phi) is 5.18. The SMILES string of the molecule is CCc1cc(=O)n2nc(NCCNS(=O)(=O)c3ccc(C)s3)sc2n1. The number of nitrogens with one attached hydrogen (secondary N) is 2. The lowest BCUT2D eigenvalue weighted by atomic mass is 10.3. The van der Waals surface area contributed by atoms with Gasteiger partial charge in [0.2, 0.25) is 20.1 Å². The Hall–Kier alpha value is -1.82. The molecule has 0 radical (unpaired) electrons. The molecule has 0 atom stereocenters. The Morgan fingerprint density at radius 3 is 2.72 bits per heavy atom. The van der Waals surface area contributed by atoms with Crippen molar-refractivity contribution < 1.29 is 8.42 Å². The van der Waals surface area contributed by atoms with Gasteiger partial charge in [0.25, 0.3) is 5.56 Å². The highest BCUT2D eigenvalue weighted by Crippen LogP contribution is 2.20. The first-order valence-corrected chi connectivity index (χ1v) is 10.7. The van der Waals surface area contributed by atoms with Crippen molar-refractivity contribution >= 4 is 42.8 Å². The van der Waals surface area contributed by atoms with Gasteiger partial charge in [-0.3, -0.25) is 4.79 Å². The molecule has 0 saturated carbocycles. The van der Waals surface area contributed by atoms with Gasteiger partial charge in [-0.05, 0) is 25.5 Å². The van der Waals surface area contributed by atoms with Crippen molar-refractivity contribution in [1.29, 1.82) is 0 Å². The summed E-state index contributed by atoms with van der Waals surface area (Å²) in [6.07, 6.45) is 0.677. The second kappa shape index (κ2) is 7.20. The smallest absolute Gasteiger partial charge is 0.275 e. The van der Waals surface area contributed by atoms with E-state index in [1.54, 1.807) is 12.1 Å². The Balaban J connectivity index is 1.62. The van der Waals surface area contributed by atoms with Crippen LogP contribution in [-0.4, -0.2) is 36.1 Å². The Bertz CT molecular complexity index is 1050. The molecule has 0 aromatic carbocycles. The van der Waals surface area contributed by atoms with Gasteiger partial charge in [0.1, 0.15) is 4.21 Å². The molecule has 0 aliphatic rings. The predicted molar refractivity (Wildman–Crippen MR) is 99.2 cm³/mol. The number of hydrogen-bond acceptors (Lipinski definition) is 8. The molecule has 3 heterocycles. The number of aromatic nitrogens is 3. The molecule has 2 N–H and O–H groups in total. The van der Waals surface area contributed by atoms with Crippen molar-refractivity contribution in [2.24, 2.45) is 0 Å². The predicted octanol–water partition coefficient (Wildman–Crippen LogP) is 1.47. The molecule has 0 aliphatic carbocycles. The van der Waals surface area contributed by atoms with Gasteiger partial charge in [0, 0.05) is 29.7 Å². The lowest BCUT2D eigenvalue weighted by Gasteiger charge is -2.05. The maximum absolute atomic E-state index is 12.1. The fraction of sp³-hybridized carbons (Fsp3) is 0.357. The van der Waals surface area contributed by atoms with Crippen LogP contribution in [0.1, 0.15) is 17.5 Å². The summed E-state index contributed by atoms with van der Waals surface area (Å²) in [7, 11) is -3.49. The van der Waals surface area contributed by atoms with E-state index >= 15 is 0 Å². The number of hydrogen-bond donors (Lipinski definition) is 2. The molecular formula is C14H17N5O3S3. The van der Waals surface area contributed by atoms with Crippen molar-refractivity contribution in [2.45, 2.75) is 24.5 Å². The van der Waals surface area contributed by atoms with Crippen LogP contribution < -0.4 is 15.6 Å². The average Bonchev–Trinajstić information content (AvgIpc) is 3.18. The fourth-order valence-electron chi connectivity index (χ4n) is 2.09. The first-order valence-electron chi connectivity index (χ1n) is 7.59. The minimum Gasteiger partial charge on any atom is -0.359 e. The van der Waals surface area contributed by atoms with Gasteiger partial charge < -0.3 is 5.32 Å². The van der Waals surface area contributed by atoms with Crippen molar-refractivity contribution in [1.82, 2.24) is 19.3 Å². The zero-order valence-corrected chi connectivity index (χ0v) is 16.1. The van der Waals surface area contributed by atoms with Crippen LogP contribution in [0.15, 0.2) is 27.2 Å². The lowest BCUT2D eigenvalue weighted by molar-refractivity contribution is 0.585. The van der Waals surface area contributed by atoms with E-state index in [1.165, 1.54) is 33.3 Å². The summed E-state index contributed by atoms with van der Waals surface area (Å²) in [4.78, 5) is 17.8. The Morgan fingerprint density at radius 2 is 2.04 bits per heavy atom. The standard InChI is InChI=1S/C14H17N5O3S3/c1-3-10-8-11(20)19-14(17-10)24-13(18-19)15-6-7-16-25(21,22)12-5-4-9(2)23-12/h4-5,8,16H,3,6-7H2,1-2H3,(H,15,18). The van der Waals surface area contributed by atoms with Crippen LogP contribution in [-0.2, 0) is 16.4 Å². The third-order valence-electron chi connectivity index (χ3n) is 3.33. The summed E-state index contributed by atoms with van der Waals surface area (Å²) in [5.41, 5.74) is 0.499. The van der Waals surface area contributed by atoms with Crippen LogP contribution >= 0.6 is 22.7 Å². The summed E-state index contributed by atoms with van der Waals surface area (Å²) in [6.45, 7) is 4.34. The summed E-state index contributed by atoms with van der Waals surface area (Å²) in [6, 6.07) is 4.83. The number of rotatable bonds is 7. The van der Waals surface area contributed by atoms with E-state index in [-0.39, 0.29) is 12.1 Å². The molecule has 25 heavy (non-hydrogen) atoms. The van der Waals surface area contributed by atoms with Gasteiger partial charge in [-0.15, -0.1) is 16.4 Å². The van der Waals surface area contributed by atoms with Gasteiger partial charge >= 0.3 is 0 Å². The van der Waals surface area contributed by atoms with E-state index in [9.17, 15) is 13.2 Å². The van der Waals surface area contributed by atoms with E-state index < -0.39 is 10.0 Å². The molecule has 134 valence electrons. The molecule has 0 aliphatic heterocycles. The summed E-state index contributed by atoms with van der Waals surface area (Å²) in [5.74, 6) is 0. The molecule has 0 saturated heterocycles. The number of nitrogens with zero attached hydrogens (tertiary/aromatic N) is 3. The summed E-state index contributed by atoms with van der Waals surface area (Å²) >= 11 is 2.48. The molecule has 11 heteroatoms. The molecule has 0 bridgehead atoms. The zero-order chi connectivity index (χ0) is 18.0. The van der Waals surface area contributed by atoms with Crippen LogP contribution in [0.2, 0.25) is 0 Å². The minimum atomic E-state index is -3.49. The van der Waals surface area contributed by atoms with Gasteiger partial charge in [-0.2, -0.15) is 4.52 Å². The molecule has 3 aromatic heterocycles. The first kappa shape index (κ1) is 18.0. The van der Waals surface area contributed by atoms with Gasteiger partial charge in [-0.25, -0.2) is 18.1 Å². The van der Waals surface area contributed by atoms with Crippen molar-refractivity contribution in [3.63, 3.8) is 0 Å².